The van der Waals surface area contributed by atoms with E-state index in [0.717, 1.165) is 10.9 Å². The Morgan fingerprint density at radius 3 is 2.81 bits per heavy atom. The van der Waals surface area contributed by atoms with E-state index in [2.05, 4.69) is 10.1 Å². The average molecular weight is 281 g/mol. The molecule has 6 heteroatoms. The second-order valence-electron chi connectivity index (χ2n) is 4.50. The van der Waals surface area contributed by atoms with E-state index >= 15 is 0 Å². The largest absolute Gasteiger partial charge is 0.349 e. The molecule has 3 aromatic rings. The number of aromatic nitrogens is 2. The molecule has 2 heterocycles. The molecule has 0 unspecified atom stereocenters. The van der Waals surface area contributed by atoms with Crippen molar-refractivity contribution in [2.24, 2.45) is 0 Å². The van der Waals surface area contributed by atoms with E-state index in [9.17, 15) is 10.1 Å². The maximum atomic E-state index is 10.9. The Labute approximate surface area is 119 Å². The van der Waals surface area contributed by atoms with Gasteiger partial charge in [0.25, 0.3) is 0 Å². The van der Waals surface area contributed by atoms with Crippen molar-refractivity contribution >= 4 is 28.7 Å². The molecule has 104 valence electrons. The van der Waals surface area contributed by atoms with Crippen LogP contribution in [0, 0.1) is 17.0 Å². The molecule has 2 aromatic heterocycles. The zero-order valence-corrected chi connectivity index (χ0v) is 11.2. The Bertz CT molecular complexity index is 852. The molecule has 0 aliphatic heterocycles. The van der Waals surface area contributed by atoms with E-state index in [1.165, 1.54) is 13.0 Å². The molecule has 6 nitrogen and oxygen atoms in total. The number of benzene rings is 1. The molecule has 0 atom stereocenters. The topological polar surface area (TPSA) is 82.1 Å². The first-order valence-corrected chi connectivity index (χ1v) is 6.29. The second kappa shape index (κ2) is 5.16. The third kappa shape index (κ3) is 2.51. The van der Waals surface area contributed by atoms with Crippen LogP contribution in [0.4, 0.5) is 5.69 Å². The number of hydrogen-bond donors (Lipinski definition) is 0. The lowest BCUT2D eigenvalue weighted by Crippen LogP contribution is -1.90. The number of para-hydroxylation sites is 1. The van der Waals surface area contributed by atoms with Gasteiger partial charge in [0.1, 0.15) is 0 Å². The molecule has 0 fully saturated rings. The normalized spacial score (nSPS) is 11.3. The Kier molecular flexibility index (Phi) is 3.19. The number of hydrogen-bond acceptors (Lipinski definition) is 5. The lowest BCUT2D eigenvalue weighted by atomic mass is 10.2. The monoisotopic (exact) mass is 281 g/mol. The molecule has 3 rings (SSSR count). The van der Waals surface area contributed by atoms with Crippen LogP contribution >= 0.6 is 0 Å². The average Bonchev–Trinajstić information content (AvgIpc) is 2.86. The lowest BCUT2D eigenvalue weighted by Gasteiger charge is -1.97. The zero-order chi connectivity index (χ0) is 14.8. The van der Waals surface area contributed by atoms with Crippen LogP contribution < -0.4 is 0 Å². The number of aryl methyl sites for hydroxylation is 1. The highest BCUT2D eigenvalue weighted by atomic mass is 16.6. The van der Waals surface area contributed by atoms with Gasteiger partial charge >= 0.3 is 5.69 Å². The maximum Gasteiger partial charge on any atom is 0.338 e. The minimum absolute atomic E-state index is 0.118. The van der Waals surface area contributed by atoms with E-state index in [1.807, 2.05) is 36.4 Å². The van der Waals surface area contributed by atoms with Gasteiger partial charge in [0.15, 0.2) is 5.69 Å². The van der Waals surface area contributed by atoms with Crippen LogP contribution in [0.5, 0.6) is 0 Å². The van der Waals surface area contributed by atoms with Crippen molar-refractivity contribution in [2.45, 2.75) is 6.92 Å². The maximum absolute atomic E-state index is 10.9. The summed E-state index contributed by atoms with van der Waals surface area (Å²) >= 11 is 0. The zero-order valence-electron chi connectivity index (χ0n) is 11.2. The Hall–Kier alpha value is -3.02. The van der Waals surface area contributed by atoms with Crippen molar-refractivity contribution < 1.29 is 9.45 Å². The van der Waals surface area contributed by atoms with Crippen molar-refractivity contribution in [1.82, 2.24) is 10.1 Å². The molecule has 0 aliphatic carbocycles. The standard InChI is InChI=1S/C15H11N3O3/c1-10-15(18(19)20)14(21-17-10)9-8-12-7-6-11-4-2-3-5-13(11)16-12/h2-9H,1H3/b9-8+. The fourth-order valence-electron chi connectivity index (χ4n) is 2.05. The van der Waals surface area contributed by atoms with Crippen LogP contribution in [0.2, 0.25) is 0 Å². The highest BCUT2D eigenvalue weighted by Crippen LogP contribution is 2.24. The summed E-state index contributed by atoms with van der Waals surface area (Å²) in [6.45, 7) is 1.53. The minimum Gasteiger partial charge on any atom is -0.349 e. The first-order chi connectivity index (χ1) is 10.1. The summed E-state index contributed by atoms with van der Waals surface area (Å²) < 4.78 is 4.96. The van der Waals surface area contributed by atoms with E-state index in [1.54, 1.807) is 6.08 Å². The molecule has 0 amide bonds. The van der Waals surface area contributed by atoms with E-state index in [-0.39, 0.29) is 17.1 Å². The summed E-state index contributed by atoms with van der Waals surface area (Å²) in [5.41, 5.74) is 1.69. The molecule has 0 aliphatic rings. The van der Waals surface area contributed by atoms with E-state index in [4.69, 9.17) is 4.52 Å². The second-order valence-corrected chi connectivity index (χ2v) is 4.50. The van der Waals surface area contributed by atoms with Gasteiger partial charge in [-0.2, -0.15) is 0 Å². The summed E-state index contributed by atoms with van der Waals surface area (Å²) in [5.74, 6) is 0.118. The van der Waals surface area contributed by atoms with Gasteiger partial charge in [0.05, 0.1) is 16.1 Å². The summed E-state index contributed by atoms with van der Waals surface area (Å²) in [6.07, 6.45) is 3.18. The molecule has 0 N–H and O–H groups in total. The van der Waals surface area contributed by atoms with Crippen LogP contribution in [0.1, 0.15) is 17.1 Å². The third-order valence-corrected chi connectivity index (χ3v) is 3.07. The molecule has 0 bridgehead atoms. The summed E-state index contributed by atoms with van der Waals surface area (Å²) in [7, 11) is 0. The summed E-state index contributed by atoms with van der Waals surface area (Å²) in [5, 5.41) is 15.6. The Balaban J connectivity index is 1.96. The van der Waals surface area contributed by atoms with Crippen LogP contribution in [0.25, 0.3) is 23.1 Å². The quantitative estimate of drug-likeness (QED) is 0.541. The number of fused-ring (bicyclic) bond motifs is 1. The molecular weight excluding hydrogens is 270 g/mol. The van der Waals surface area contributed by atoms with E-state index in [0.29, 0.717) is 5.69 Å². The van der Waals surface area contributed by atoms with Gasteiger partial charge in [-0.25, -0.2) is 4.98 Å². The summed E-state index contributed by atoms with van der Waals surface area (Å²) in [6, 6.07) is 11.5. The van der Waals surface area contributed by atoms with Crippen molar-refractivity contribution in [2.75, 3.05) is 0 Å². The number of nitrogens with zero attached hydrogens (tertiary/aromatic N) is 3. The lowest BCUT2D eigenvalue weighted by molar-refractivity contribution is -0.386. The molecule has 1 aromatic carbocycles. The van der Waals surface area contributed by atoms with Gasteiger partial charge in [0.2, 0.25) is 5.76 Å². The van der Waals surface area contributed by atoms with Gasteiger partial charge in [-0.05, 0) is 31.2 Å². The molecule has 0 spiro atoms. The molecule has 0 saturated carbocycles. The van der Waals surface area contributed by atoms with Gasteiger partial charge in [-0.15, -0.1) is 0 Å². The van der Waals surface area contributed by atoms with Crippen LogP contribution in [0.3, 0.4) is 0 Å². The van der Waals surface area contributed by atoms with Gasteiger partial charge in [-0.3, -0.25) is 10.1 Å². The molecular formula is C15H11N3O3. The highest BCUT2D eigenvalue weighted by Gasteiger charge is 2.21. The number of rotatable bonds is 3. The van der Waals surface area contributed by atoms with Gasteiger partial charge in [-0.1, -0.05) is 29.4 Å². The number of pyridine rings is 1. The predicted octanol–water partition coefficient (Wildman–Crippen LogP) is 3.61. The van der Waals surface area contributed by atoms with Crippen molar-refractivity contribution in [3.05, 3.63) is 63.7 Å². The molecule has 21 heavy (non-hydrogen) atoms. The van der Waals surface area contributed by atoms with Gasteiger partial charge in [0, 0.05) is 5.39 Å². The predicted molar refractivity (Wildman–Crippen MR) is 78.6 cm³/mol. The first-order valence-electron chi connectivity index (χ1n) is 6.29. The fourth-order valence-corrected chi connectivity index (χ4v) is 2.05. The molecule has 0 radical (unpaired) electrons. The van der Waals surface area contributed by atoms with Crippen LogP contribution in [-0.2, 0) is 0 Å². The van der Waals surface area contributed by atoms with Crippen molar-refractivity contribution in [1.29, 1.82) is 0 Å². The number of nitro groups is 1. The SMILES string of the molecule is Cc1noc(/C=C/c2ccc3ccccc3n2)c1[N+](=O)[O-]. The molecule has 0 saturated heterocycles. The third-order valence-electron chi connectivity index (χ3n) is 3.07. The highest BCUT2D eigenvalue weighted by molar-refractivity contribution is 5.81. The van der Waals surface area contributed by atoms with Crippen molar-refractivity contribution in [3.8, 4) is 0 Å². The first kappa shape index (κ1) is 13.0. The van der Waals surface area contributed by atoms with Crippen LogP contribution in [-0.4, -0.2) is 15.1 Å². The Morgan fingerprint density at radius 2 is 2.00 bits per heavy atom. The van der Waals surface area contributed by atoms with E-state index < -0.39 is 4.92 Å². The van der Waals surface area contributed by atoms with Crippen molar-refractivity contribution in [3.63, 3.8) is 0 Å². The smallest absolute Gasteiger partial charge is 0.338 e. The van der Waals surface area contributed by atoms with Crippen LogP contribution in [0.15, 0.2) is 40.9 Å². The van der Waals surface area contributed by atoms with Gasteiger partial charge < -0.3 is 4.52 Å². The Morgan fingerprint density at radius 1 is 1.19 bits per heavy atom. The summed E-state index contributed by atoms with van der Waals surface area (Å²) in [4.78, 5) is 14.9. The minimum atomic E-state index is -0.501. The fraction of sp³-hybridized carbons (Fsp3) is 0.0667.